The lowest BCUT2D eigenvalue weighted by molar-refractivity contribution is -0.146. The van der Waals surface area contributed by atoms with Crippen molar-refractivity contribution >= 4 is 36.5 Å². The van der Waals surface area contributed by atoms with Gasteiger partial charge in [-0.2, -0.15) is 0 Å². The minimum absolute atomic E-state index is 0.115. The Balaban J connectivity index is 1.87. The summed E-state index contributed by atoms with van der Waals surface area (Å²) in [5.74, 6) is -0.447. The van der Waals surface area contributed by atoms with Crippen LogP contribution in [0.3, 0.4) is 0 Å². The van der Waals surface area contributed by atoms with Gasteiger partial charge >= 0.3 is 19.5 Å². The van der Waals surface area contributed by atoms with Gasteiger partial charge in [0.2, 0.25) is 0 Å². The van der Waals surface area contributed by atoms with Crippen molar-refractivity contribution in [2.75, 3.05) is 45.1 Å². The third-order valence-electron chi connectivity index (χ3n) is 5.44. The van der Waals surface area contributed by atoms with E-state index in [1.54, 1.807) is 10.9 Å². The van der Waals surface area contributed by atoms with Gasteiger partial charge < -0.3 is 45.0 Å². The van der Waals surface area contributed by atoms with Gasteiger partial charge in [-0.05, 0) is 24.7 Å². The summed E-state index contributed by atoms with van der Waals surface area (Å²) in [6, 6.07) is -1.52. The van der Waals surface area contributed by atoms with Crippen LogP contribution in [-0.2, 0) is 44.0 Å². The predicted octanol–water partition coefficient (Wildman–Crippen LogP) is 1.44. The molecule has 0 spiro atoms. The fraction of sp³-hybridized carbons (Fsp3) is 0.708. The van der Waals surface area contributed by atoms with E-state index in [0.717, 1.165) is 0 Å². The number of esters is 2. The van der Waals surface area contributed by atoms with E-state index in [2.05, 4.69) is 15.0 Å². The molecule has 2 heterocycles. The van der Waals surface area contributed by atoms with Gasteiger partial charge in [0.15, 0.2) is 11.5 Å². The molecule has 0 bridgehead atoms. The summed E-state index contributed by atoms with van der Waals surface area (Å²) in [6.45, 7) is 7.40. The van der Waals surface area contributed by atoms with E-state index in [9.17, 15) is 14.2 Å². The molecule has 0 aromatic carbocycles. The standard InChI is InChI=1S/C24H42N7O8P/c1-16(2)11-18(25)23(32)36-7-9-38-40(34,39-10-8-37-24(33)19(26)12-17(3)4)15-35-6-5-31-14-30-20-21(27)28-13-29-22(20)31/h13-14,16-19H,5-12,15,25-26H2,1-4H3,(H2,27,28,29)/t18-,19-/m0/s1. The summed E-state index contributed by atoms with van der Waals surface area (Å²) in [5.41, 5.74) is 18.4. The van der Waals surface area contributed by atoms with Crippen LogP contribution >= 0.6 is 7.60 Å². The topological polar surface area (TPSA) is 219 Å². The van der Waals surface area contributed by atoms with Crippen LogP contribution < -0.4 is 17.2 Å². The molecule has 0 aliphatic carbocycles. The number of anilines is 1. The van der Waals surface area contributed by atoms with Gasteiger partial charge in [0.25, 0.3) is 0 Å². The van der Waals surface area contributed by atoms with Crippen molar-refractivity contribution in [3.05, 3.63) is 12.7 Å². The fourth-order valence-corrected chi connectivity index (χ4v) is 4.85. The van der Waals surface area contributed by atoms with Gasteiger partial charge in [-0.15, -0.1) is 0 Å². The molecular weight excluding hydrogens is 545 g/mol. The summed E-state index contributed by atoms with van der Waals surface area (Å²) in [4.78, 5) is 36.3. The molecule has 0 saturated carbocycles. The zero-order valence-electron chi connectivity index (χ0n) is 23.6. The van der Waals surface area contributed by atoms with Gasteiger partial charge in [-0.25, -0.2) is 15.0 Å². The van der Waals surface area contributed by atoms with Crippen LogP contribution in [0.15, 0.2) is 12.7 Å². The molecule has 2 aromatic rings. The van der Waals surface area contributed by atoms with E-state index < -0.39 is 38.0 Å². The van der Waals surface area contributed by atoms with E-state index in [-0.39, 0.29) is 50.7 Å². The molecule has 16 heteroatoms. The molecule has 0 aliphatic heterocycles. The number of hydrogen-bond acceptors (Lipinski definition) is 14. The molecule has 0 saturated heterocycles. The van der Waals surface area contributed by atoms with Crippen molar-refractivity contribution in [3.63, 3.8) is 0 Å². The molecule has 0 fully saturated rings. The Labute approximate surface area is 233 Å². The first-order chi connectivity index (χ1) is 18.9. The molecular formula is C24H42N7O8P. The Hall–Kier alpha value is -2.68. The number of nitrogen functional groups attached to an aromatic ring is 1. The Morgan fingerprint density at radius 3 is 1.95 bits per heavy atom. The largest absolute Gasteiger partial charge is 0.462 e. The van der Waals surface area contributed by atoms with E-state index in [1.807, 2.05) is 27.7 Å². The first-order valence-electron chi connectivity index (χ1n) is 13.1. The number of nitrogens with zero attached hydrogens (tertiary/aromatic N) is 4. The number of carbonyl (C=O) groups is 2. The zero-order chi connectivity index (χ0) is 29.7. The molecule has 15 nitrogen and oxygen atoms in total. The highest BCUT2D eigenvalue weighted by Gasteiger charge is 2.27. The molecule has 0 aliphatic rings. The third kappa shape index (κ3) is 11.4. The van der Waals surface area contributed by atoms with Crippen molar-refractivity contribution in [1.82, 2.24) is 19.5 Å². The van der Waals surface area contributed by atoms with E-state index in [1.165, 1.54) is 6.33 Å². The zero-order valence-corrected chi connectivity index (χ0v) is 24.5. The lowest BCUT2D eigenvalue weighted by Gasteiger charge is -2.20. The van der Waals surface area contributed by atoms with Crippen LogP contribution in [0.4, 0.5) is 5.82 Å². The molecule has 0 radical (unpaired) electrons. The van der Waals surface area contributed by atoms with E-state index in [4.69, 9.17) is 40.5 Å². The molecule has 2 aromatic heterocycles. The van der Waals surface area contributed by atoms with E-state index in [0.29, 0.717) is 30.6 Å². The highest BCUT2D eigenvalue weighted by atomic mass is 31.2. The van der Waals surface area contributed by atoms with Crippen molar-refractivity contribution in [2.24, 2.45) is 23.3 Å². The maximum atomic E-state index is 13.3. The number of ether oxygens (including phenoxy) is 3. The van der Waals surface area contributed by atoms with Crippen molar-refractivity contribution in [2.45, 2.75) is 59.2 Å². The van der Waals surface area contributed by atoms with Gasteiger partial charge in [0.05, 0.1) is 26.1 Å². The summed E-state index contributed by atoms with van der Waals surface area (Å²) in [7, 11) is -3.83. The second kappa shape index (κ2) is 16.6. The lowest BCUT2D eigenvalue weighted by Crippen LogP contribution is -2.34. The smallest absolute Gasteiger partial charge is 0.356 e. The van der Waals surface area contributed by atoms with Crippen LogP contribution in [-0.4, -0.2) is 82.9 Å². The molecule has 6 N–H and O–H groups in total. The Morgan fingerprint density at radius 2 is 1.43 bits per heavy atom. The Morgan fingerprint density at radius 1 is 0.875 bits per heavy atom. The molecule has 2 rings (SSSR count). The number of fused-ring (bicyclic) bond motifs is 1. The van der Waals surface area contributed by atoms with Crippen molar-refractivity contribution < 1.29 is 37.4 Å². The second-order valence-corrected chi connectivity index (χ2v) is 12.0. The van der Waals surface area contributed by atoms with Crippen LogP contribution in [0.1, 0.15) is 40.5 Å². The van der Waals surface area contributed by atoms with Crippen LogP contribution in [0.5, 0.6) is 0 Å². The Kier molecular flexibility index (Phi) is 13.9. The summed E-state index contributed by atoms with van der Waals surface area (Å²) in [6.07, 6.45) is 3.41. The summed E-state index contributed by atoms with van der Waals surface area (Å²) >= 11 is 0. The molecule has 0 unspecified atom stereocenters. The van der Waals surface area contributed by atoms with Crippen LogP contribution in [0.2, 0.25) is 0 Å². The van der Waals surface area contributed by atoms with Gasteiger partial charge in [0.1, 0.15) is 43.5 Å². The SMILES string of the molecule is CC(C)C[C@H](N)C(=O)OCCOP(=O)(COCCn1cnc2c(N)ncnc21)OCCOC(=O)[C@@H](N)CC(C)C. The summed E-state index contributed by atoms with van der Waals surface area (Å²) < 4.78 is 41.7. The minimum atomic E-state index is -3.83. The highest BCUT2D eigenvalue weighted by molar-refractivity contribution is 7.53. The first kappa shape index (κ1) is 33.5. The number of nitrogens with two attached hydrogens (primary N) is 3. The number of carbonyl (C=O) groups excluding carboxylic acids is 2. The lowest BCUT2D eigenvalue weighted by atomic mass is 10.1. The second-order valence-electron chi connectivity index (χ2n) is 9.99. The van der Waals surface area contributed by atoms with Gasteiger partial charge in [0, 0.05) is 6.54 Å². The van der Waals surface area contributed by atoms with Crippen LogP contribution in [0, 0.1) is 11.8 Å². The van der Waals surface area contributed by atoms with Gasteiger partial charge in [-0.3, -0.25) is 14.2 Å². The fourth-order valence-electron chi connectivity index (χ4n) is 3.57. The molecule has 0 amide bonds. The van der Waals surface area contributed by atoms with Crippen molar-refractivity contribution in [1.29, 1.82) is 0 Å². The van der Waals surface area contributed by atoms with Crippen molar-refractivity contribution in [3.8, 4) is 0 Å². The molecule has 40 heavy (non-hydrogen) atoms. The number of imidazole rings is 1. The number of aromatic nitrogens is 4. The average Bonchev–Trinajstić information content (AvgIpc) is 3.30. The quantitative estimate of drug-likeness (QED) is 0.120. The monoisotopic (exact) mass is 587 g/mol. The summed E-state index contributed by atoms with van der Waals surface area (Å²) in [5, 5.41) is 0. The maximum absolute atomic E-state index is 13.3. The third-order valence-corrected chi connectivity index (χ3v) is 7.09. The highest BCUT2D eigenvalue weighted by Crippen LogP contribution is 2.48. The number of rotatable bonds is 19. The number of hydrogen-bond donors (Lipinski definition) is 3. The van der Waals surface area contributed by atoms with Gasteiger partial charge in [-0.1, -0.05) is 27.7 Å². The average molecular weight is 588 g/mol. The Bertz CT molecular complexity index is 1090. The minimum Gasteiger partial charge on any atom is -0.462 e. The first-order valence-corrected chi connectivity index (χ1v) is 14.9. The van der Waals surface area contributed by atoms with E-state index >= 15 is 0 Å². The van der Waals surface area contributed by atoms with Crippen LogP contribution in [0.25, 0.3) is 11.2 Å². The molecule has 2 atom stereocenters. The normalized spacial score (nSPS) is 13.6. The predicted molar refractivity (Wildman–Crippen MR) is 147 cm³/mol. The molecule has 226 valence electrons. The maximum Gasteiger partial charge on any atom is 0.356 e.